The van der Waals surface area contributed by atoms with Gasteiger partial charge in [0.05, 0.1) is 12.0 Å². The van der Waals surface area contributed by atoms with Crippen molar-refractivity contribution in [2.24, 2.45) is 17.1 Å². The molecular formula is C11H17N3O2. The molecule has 0 aromatic carbocycles. The molecule has 16 heavy (non-hydrogen) atoms. The van der Waals surface area contributed by atoms with Gasteiger partial charge in [-0.2, -0.15) is 5.26 Å². The second kappa shape index (κ2) is 4.52. The number of hydrogen-bond donors (Lipinski definition) is 1. The number of amides is 2. The molecule has 0 aromatic heterocycles. The lowest BCUT2D eigenvalue weighted by atomic mass is 9.90. The predicted molar refractivity (Wildman–Crippen MR) is 57.9 cm³/mol. The van der Waals surface area contributed by atoms with Crippen LogP contribution in [-0.2, 0) is 9.59 Å². The number of nitriles is 1. The maximum absolute atomic E-state index is 12.0. The standard InChI is InChI=1S/C11H17N3O2/c1-11(2,7-12)10(16)14-5-3-4-8(6-14)9(13)15/h8H,3-6H2,1-2H3,(H2,13,15). The molecule has 0 spiro atoms. The molecular weight excluding hydrogens is 206 g/mol. The highest BCUT2D eigenvalue weighted by Crippen LogP contribution is 2.23. The van der Waals surface area contributed by atoms with Gasteiger partial charge in [-0.05, 0) is 26.7 Å². The summed E-state index contributed by atoms with van der Waals surface area (Å²) in [4.78, 5) is 24.6. The molecule has 1 saturated heterocycles. The first-order valence-electron chi connectivity index (χ1n) is 5.38. The number of piperidine rings is 1. The summed E-state index contributed by atoms with van der Waals surface area (Å²) in [5.41, 5.74) is 4.20. The second-order valence-corrected chi connectivity index (χ2v) is 4.73. The Labute approximate surface area is 95.2 Å². The Balaban J connectivity index is 2.72. The van der Waals surface area contributed by atoms with Crippen LogP contribution in [0.1, 0.15) is 26.7 Å². The molecule has 0 bridgehead atoms. The summed E-state index contributed by atoms with van der Waals surface area (Å²) < 4.78 is 0. The molecule has 1 aliphatic heterocycles. The van der Waals surface area contributed by atoms with Gasteiger partial charge in [0, 0.05) is 13.1 Å². The summed E-state index contributed by atoms with van der Waals surface area (Å²) in [5, 5.41) is 8.88. The van der Waals surface area contributed by atoms with Crippen LogP contribution >= 0.6 is 0 Å². The van der Waals surface area contributed by atoms with Crippen molar-refractivity contribution in [2.75, 3.05) is 13.1 Å². The van der Waals surface area contributed by atoms with E-state index in [9.17, 15) is 9.59 Å². The Morgan fingerprint density at radius 1 is 1.50 bits per heavy atom. The first-order chi connectivity index (χ1) is 7.38. The third-order valence-corrected chi connectivity index (χ3v) is 2.93. The molecule has 1 atom stereocenters. The summed E-state index contributed by atoms with van der Waals surface area (Å²) in [6.45, 7) is 4.12. The molecule has 0 aromatic rings. The van der Waals surface area contributed by atoms with Crippen molar-refractivity contribution in [3.05, 3.63) is 0 Å². The number of hydrogen-bond acceptors (Lipinski definition) is 3. The fourth-order valence-electron chi connectivity index (χ4n) is 1.84. The molecule has 1 unspecified atom stereocenters. The van der Waals surface area contributed by atoms with E-state index < -0.39 is 5.41 Å². The molecule has 1 aliphatic rings. The van der Waals surface area contributed by atoms with Crippen LogP contribution in [0.3, 0.4) is 0 Å². The Morgan fingerprint density at radius 3 is 2.62 bits per heavy atom. The summed E-state index contributed by atoms with van der Waals surface area (Å²) in [6, 6.07) is 1.98. The molecule has 1 heterocycles. The lowest BCUT2D eigenvalue weighted by molar-refractivity contribution is -0.140. The van der Waals surface area contributed by atoms with E-state index in [-0.39, 0.29) is 17.7 Å². The van der Waals surface area contributed by atoms with Crippen molar-refractivity contribution in [2.45, 2.75) is 26.7 Å². The lowest BCUT2D eigenvalue weighted by Gasteiger charge is -2.34. The lowest BCUT2D eigenvalue weighted by Crippen LogP contribution is -2.48. The molecule has 1 rings (SSSR count). The molecule has 0 saturated carbocycles. The van der Waals surface area contributed by atoms with Gasteiger partial charge in [-0.1, -0.05) is 0 Å². The van der Waals surface area contributed by atoms with Gasteiger partial charge in [0.1, 0.15) is 5.41 Å². The Hall–Kier alpha value is -1.57. The largest absolute Gasteiger partial charge is 0.369 e. The SMILES string of the molecule is CC(C)(C#N)C(=O)N1CCCC(C(N)=O)C1. The minimum atomic E-state index is -1.03. The zero-order valence-corrected chi connectivity index (χ0v) is 9.69. The van der Waals surface area contributed by atoms with E-state index in [0.717, 1.165) is 12.8 Å². The molecule has 1 fully saturated rings. The number of nitrogens with two attached hydrogens (primary N) is 1. The molecule has 5 nitrogen and oxygen atoms in total. The average molecular weight is 223 g/mol. The van der Waals surface area contributed by atoms with Gasteiger partial charge in [0.2, 0.25) is 11.8 Å². The van der Waals surface area contributed by atoms with Gasteiger partial charge >= 0.3 is 0 Å². The topological polar surface area (TPSA) is 87.2 Å². The van der Waals surface area contributed by atoms with Crippen LogP contribution in [0.2, 0.25) is 0 Å². The summed E-state index contributed by atoms with van der Waals surface area (Å²) in [7, 11) is 0. The number of likely N-dealkylation sites (tertiary alicyclic amines) is 1. The molecule has 88 valence electrons. The van der Waals surface area contributed by atoms with E-state index in [1.165, 1.54) is 0 Å². The van der Waals surface area contributed by atoms with Crippen LogP contribution in [0.4, 0.5) is 0 Å². The average Bonchev–Trinajstić information content (AvgIpc) is 2.28. The fraction of sp³-hybridized carbons (Fsp3) is 0.727. The number of carbonyl (C=O) groups excluding carboxylic acids is 2. The maximum Gasteiger partial charge on any atom is 0.242 e. The maximum atomic E-state index is 12.0. The van der Waals surface area contributed by atoms with Crippen molar-refractivity contribution in [3.8, 4) is 6.07 Å². The van der Waals surface area contributed by atoms with E-state index >= 15 is 0 Å². The molecule has 5 heteroatoms. The van der Waals surface area contributed by atoms with E-state index in [1.807, 2.05) is 6.07 Å². The van der Waals surface area contributed by atoms with Crippen molar-refractivity contribution >= 4 is 11.8 Å². The first-order valence-corrected chi connectivity index (χ1v) is 5.38. The summed E-state index contributed by atoms with van der Waals surface area (Å²) >= 11 is 0. The minimum absolute atomic E-state index is 0.221. The van der Waals surface area contributed by atoms with E-state index in [1.54, 1.807) is 18.7 Å². The highest BCUT2D eigenvalue weighted by atomic mass is 16.2. The van der Waals surface area contributed by atoms with Crippen LogP contribution in [0.5, 0.6) is 0 Å². The third kappa shape index (κ3) is 2.51. The zero-order chi connectivity index (χ0) is 12.3. The first kappa shape index (κ1) is 12.5. The van der Waals surface area contributed by atoms with E-state index in [0.29, 0.717) is 13.1 Å². The molecule has 0 aliphatic carbocycles. The third-order valence-electron chi connectivity index (χ3n) is 2.93. The molecule has 0 radical (unpaired) electrons. The van der Waals surface area contributed by atoms with E-state index in [2.05, 4.69) is 0 Å². The van der Waals surface area contributed by atoms with Crippen LogP contribution < -0.4 is 5.73 Å². The normalized spacial score (nSPS) is 21.3. The number of carbonyl (C=O) groups is 2. The fourth-order valence-corrected chi connectivity index (χ4v) is 1.84. The van der Waals surface area contributed by atoms with Crippen LogP contribution in [0, 0.1) is 22.7 Å². The summed E-state index contributed by atoms with van der Waals surface area (Å²) in [6.07, 6.45) is 1.49. The van der Waals surface area contributed by atoms with Crippen molar-refractivity contribution in [1.29, 1.82) is 5.26 Å². The van der Waals surface area contributed by atoms with Gasteiger partial charge in [-0.25, -0.2) is 0 Å². The highest BCUT2D eigenvalue weighted by Gasteiger charge is 2.35. The monoisotopic (exact) mass is 223 g/mol. The van der Waals surface area contributed by atoms with Gasteiger partial charge < -0.3 is 10.6 Å². The Kier molecular flexibility index (Phi) is 3.53. The second-order valence-electron chi connectivity index (χ2n) is 4.73. The van der Waals surface area contributed by atoms with Gasteiger partial charge in [-0.15, -0.1) is 0 Å². The van der Waals surface area contributed by atoms with Crippen LogP contribution in [0.25, 0.3) is 0 Å². The van der Waals surface area contributed by atoms with Gasteiger partial charge in [-0.3, -0.25) is 9.59 Å². The zero-order valence-electron chi connectivity index (χ0n) is 9.69. The minimum Gasteiger partial charge on any atom is -0.369 e. The predicted octanol–water partition coefficient (Wildman–Crippen LogP) is 0.260. The molecule has 2 amide bonds. The van der Waals surface area contributed by atoms with Gasteiger partial charge in [0.15, 0.2) is 0 Å². The Morgan fingerprint density at radius 2 is 2.12 bits per heavy atom. The van der Waals surface area contributed by atoms with Crippen molar-refractivity contribution in [1.82, 2.24) is 4.90 Å². The Bertz CT molecular complexity index is 344. The number of rotatable bonds is 2. The van der Waals surface area contributed by atoms with E-state index in [4.69, 9.17) is 11.0 Å². The quantitative estimate of drug-likeness (QED) is 0.728. The highest BCUT2D eigenvalue weighted by molar-refractivity contribution is 5.85. The smallest absolute Gasteiger partial charge is 0.242 e. The number of nitrogens with zero attached hydrogens (tertiary/aromatic N) is 2. The van der Waals surface area contributed by atoms with Crippen LogP contribution in [0.15, 0.2) is 0 Å². The molecule has 2 N–H and O–H groups in total. The summed E-state index contributed by atoms with van der Waals surface area (Å²) in [5.74, 6) is -0.861. The van der Waals surface area contributed by atoms with Crippen LogP contribution in [-0.4, -0.2) is 29.8 Å². The van der Waals surface area contributed by atoms with Gasteiger partial charge in [0.25, 0.3) is 0 Å². The van der Waals surface area contributed by atoms with Crippen molar-refractivity contribution < 1.29 is 9.59 Å². The van der Waals surface area contributed by atoms with Crippen molar-refractivity contribution in [3.63, 3.8) is 0 Å². The number of primary amides is 1.